The molecule has 4 aromatic heterocycles. The molecule has 4 rings (SSSR count). The average molecular weight is 282 g/mol. The SMILES string of the molecule is Cn1ccc2c(O)c(-c3cc4c(O)cnnc4[nH]3)nnc21. The molecule has 4 aromatic rings. The van der Waals surface area contributed by atoms with Crippen LogP contribution in [0.1, 0.15) is 0 Å². The molecule has 8 heteroatoms. The summed E-state index contributed by atoms with van der Waals surface area (Å²) in [6, 6.07) is 3.42. The van der Waals surface area contributed by atoms with E-state index in [0.717, 1.165) is 0 Å². The van der Waals surface area contributed by atoms with Gasteiger partial charge in [0.15, 0.2) is 22.7 Å². The van der Waals surface area contributed by atoms with E-state index in [0.29, 0.717) is 33.5 Å². The van der Waals surface area contributed by atoms with E-state index in [4.69, 9.17) is 0 Å². The molecule has 8 nitrogen and oxygen atoms in total. The predicted octanol–water partition coefficient (Wildman–Crippen LogP) is 1.32. The van der Waals surface area contributed by atoms with E-state index in [9.17, 15) is 10.2 Å². The summed E-state index contributed by atoms with van der Waals surface area (Å²) in [6.45, 7) is 0. The van der Waals surface area contributed by atoms with Crippen molar-refractivity contribution in [3.63, 3.8) is 0 Å². The topological polar surface area (TPSA) is 113 Å². The first kappa shape index (κ1) is 11.6. The highest BCUT2D eigenvalue weighted by Gasteiger charge is 2.16. The molecule has 0 aromatic carbocycles. The summed E-state index contributed by atoms with van der Waals surface area (Å²) >= 11 is 0. The second kappa shape index (κ2) is 3.92. The molecule has 0 atom stereocenters. The van der Waals surface area contributed by atoms with Gasteiger partial charge in [0.25, 0.3) is 0 Å². The van der Waals surface area contributed by atoms with Gasteiger partial charge in [-0.3, -0.25) is 0 Å². The first-order valence-corrected chi connectivity index (χ1v) is 6.19. The lowest BCUT2D eigenvalue weighted by Crippen LogP contribution is -1.94. The molecular weight excluding hydrogens is 272 g/mol. The number of nitrogens with one attached hydrogen (secondary N) is 1. The van der Waals surface area contributed by atoms with E-state index in [1.165, 1.54) is 6.20 Å². The number of rotatable bonds is 1. The van der Waals surface area contributed by atoms with Crippen molar-refractivity contribution in [2.24, 2.45) is 7.05 Å². The smallest absolute Gasteiger partial charge is 0.166 e. The minimum absolute atomic E-state index is 0.00994. The van der Waals surface area contributed by atoms with Crippen LogP contribution in [0.2, 0.25) is 0 Å². The standard InChI is InChI=1S/C13H10N6O2/c1-19-3-2-6-11(21)10(16-18-13(6)19)8-4-7-9(20)5-14-17-12(7)15-8/h2-5H,1H3,(H,18,21)(H2,15,17,20). The molecule has 0 saturated heterocycles. The number of nitrogens with zero attached hydrogens (tertiary/aromatic N) is 5. The Balaban J connectivity index is 1.99. The van der Waals surface area contributed by atoms with Crippen LogP contribution in [-0.2, 0) is 7.05 Å². The maximum Gasteiger partial charge on any atom is 0.166 e. The van der Waals surface area contributed by atoms with Crippen molar-refractivity contribution in [1.82, 2.24) is 29.9 Å². The van der Waals surface area contributed by atoms with Crippen molar-refractivity contribution < 1.29 is 10.2 Å². The van der Waals surface area contributed by atoms with Gasteiger partial charge in [-0.05, 0) is 12.1 Å². The average Bonchev–Trinajstić information content (AvgIpc) is 3.05. The fourth-order valence-corrected chi connectivity index (χ4v) is 2.34. The van der Waals surface area contributed by atoms with Gasteiger partial charge in [-0.1, -0.05) is 0 Å². The van der Waals surface area contributed by atoms with Crippen LogP contribution in [0.4, 0.5) is 0 Å². The fraction of sp³-hybridized carbons (Fsp3) is 0.0769. The van der Waals surface area contributed by atoms with Crippen molar-refractivity contribution in [3.05, 3.63) is 24.5 Å². The van der Waals surface area contributed by atoms with Gasteiger partial charge in [-0.15, -0.1) is 15.3 Å². The summed E-state index contributed by atoms with van der Waals surface area (Å²) in [6.07, 6.45) is 3.05. The van der Waals surface area contributed by atoms with Gasteiger partial charge in [0.05, 0.1) is 22.7 Å². The molecule has 0 radical (unpaired) electrons. The van der Waals surface area contributed by atoms with Crippen LogP contribution < -0.4 is 0 Å². The quantitative estimate of drug-likeness (QED) is 0.485. The van der Waals surface area contributed by atoms with Gasteiger partial charge >= 0.3 is 0 Å². The maximum atomic E-state index is 10.4. The van der Waals surface area contributed by atoms with E-state index in [1.54, 1.807) is 22.9 Å². The summed E-state index contributed by atoms with van der Waals surface area (Å²) in [5.41, 5.74) is 1.82. The van der Waals surface area contributed by atoms with Crippen LogP contribution in [0.15, 0.2) is 24.5 Å². The Morgan fingerprint density at radius 2 is 2.00 bits per heavy atom. The fourth-order valence-electron chi connectivity index (χ4n) is 2.34. The highest BCUT2D eigenvalue weighted by Crippen LogP contribution is 2.34. The Morgan fingerprint density at radius 3 is 2.81 bits per heavy atom. The Labute approximate surface area is 117 Å². The number of aryl methyl sites for hydroxylation is 1. The van der Waals surface area contributed by atoms with Crippen LogP contribution >= 0.6 is 0 Å². The van der Waals surface area contributed by atoms with E-state index in [1.807, 2.05) is 7.05 Å². The maximum absolute atomic E-state index is 10.4. The number of aromatic amines is 1. The summed E-state index contributed by atoms with van der Waals surface area (Å²) in [5, 5.41) is 36.9. The lowest BCUT2D eigenvalue weighted by Gasteiger charge is -2.02. The zero-order valence-corrected chi connectivity index (χ0v) is 10.9. The van der Waals surface area contributed by atoms with Gasteiger partial charge in [-0.25, -0.2) is 0 Å². The molecule has 0 bridgehead atoms. The van der Waals surface area contributed by atoms with Crippen molar-refractivity contribution >= 4 is 22.1 Å². The lowest BCUT2D eigenvalue weighted by molar-refractivity contribution is 0.477. The molecule has 0 spiro atoms. The van der Waals surface area contributed by atoms with Gasteiger partial charge < -0.3 is 19.8 Å². The van der Waals surface area contributed by atoms with Crippen molar-refractivity contribution in [2.75, 3.05) is 0 Å². The monoisotopic (exact) mass is 282 g/mol. The number of aromatic nitrogens is 6. The molecule has 0 aliphatic rings. The molecular formula is C13H10N6O2. The third-order valence-electron chi connectivity index (χ3n) is 3.43. The van der Waals surface area contributed by atoms with E-state index in [-0.39, 0.29) is 11.5 Å². The van der Waals surface area contributed by atoms with Gasteiger partial charge in [0.1, 0.15) is 5.75 Å². The summed E-state index contributed by atoms with van der Waals surface area (Å²) in [5.74, 6) is 0.0374. The number of aromatic hydroxyl groups is 2. The largest absolute Gasteiger partial charge is 0.505 e. The Bertz CT molecular complexity index is 987. The number of hydrogen-bond acceptors (Lipinski definition) is 6. The van der Waals surface area contributed by atoms with Gasteiger partial charge in [0, 0.05) is 13.2 Å². The Morgan fingerprint density at radius 1 is 1.14 bits per heavy atom. The summed E-state index contributed by atoms with van der Waals surface area (Å²) in [7, 11) is 1.83. The number of fused-ring (bicyclic) bond motifs is 2. The zero-order chi connectivity index (χ0) is 14.6. The van der Waals surface area contributed by atoms with Crippen molar-refractivity contribution in [1.29, 1.82) is 0 Å². The first-order chi connectivity index (χ1) is 10.1. The van der Waals surface area contributed by atoms with Crippen molar-refractivity contribution in [3.8, 4) is 22.9 Å². The molecule has 0 amide bonds. The second-order valence-electron chi connectivity index (χ2n) is 4.74. The van der Waals surface area contributed by atoms with E-state index < -0.39 is 0 Å². The normalized spacial score (nSPS) is 11.5. The summed E-state index contributed by atoms with van der Waals surface area (Å²) in [4.78, 5) is 2.96. The third kappa shape index (κ3) is 1.55. The molecule has 0 unspecified atom stereocenters. The second-order valence-corrected chi connectivity index (χ2v) is 4.74. The number of H-pyrrole nitrogens is 1. The molecule has 104 valence electrons. The molecule has 0 fully saturated rings. The lowest BCUT2D eigenvalue weighted by atomic mass is 10.2. The van der Waals surface area contributed by atoms with Gasteiger partial charge in [0.2, 0.25) is 0 Å². The van der Waals surface area contributed by atoms with E-state index in [2.05, 4.69) is 25.4 Å². The van der Waals surface area contributed by atoms with Crippen LogP contribution in [0.5, 0.6) is 11.5 Å². The molecule has 0 aliphatic carbocycles. The van der Waals surface area contributed by atoms with Crippen LogP contribution in [0.3, 0.4) is 0 Å². The van der Waals surface area contributed by atoms with Crippen LogP contribution in [0, 0.1) is 0 Å². The third-order valence-corrected chi connectivity index (χ3v) is 3.43. The highest BCUT2D eigenvalue weighted by atomic mass is 16.3. The molecule has 0 saturated carbocycles. The Hall–Kier alpha value is -3.16. The molecule has 21 heavy (non-hydrogen) atoms. The van der Waals surface area contributed by atoms with Crippen LogP contribution in [0.25, 0.3) is 33.5 Å². The Kier molecular flexibility index (Phi) is 2.17. The van der Waals surface area contributed by atoms with Crippen LogP contribution in [-0.4, -0.2) is 40.2 Å². The van der Waals surface area contributed by atoms with E-state index >= 15 is 0 Å². The summed E-state index contributed by atoms with van der Waals surface area (Å²) < 4.78 is 1.77. The molecule has 3 N–H and O–H groups in total. The molecule has 4 heterocycles. The zero-order valence-electron chi connectivity index (χ0n) is 10.9. The first-order valence-electron chi connectivity index (χ1n) is 6.19. The predicted molar refractivity (Wildman–Crippen MR) is 74.7 cm³/mol. The number of hydrogen-bond donors (Lipinski definition) is 3. The van der Waals surface area contributed by atoms with Crippen molar-refractivity contribution in [2.45, 2.75) is 0 Å². The molecule has 0 aliphatic heterocycles. The highest BCUT2D eigenvalue weighted by molar-refractivity contribution is 5.92. The minimum atomic E-state index is 0.00994. The minimum Gasteiger partial charge on any atom is -0.505 e. The van der Waals surface area contributed by atoms with Gasteiger partial charge in [-0.2, -0.15) is 5.10 Å².